The highest BCUT2D eigenvalue weighted by Gasteiger charge is 2.26. The van der Waals surface area contributed by atoms with Crippen LogP contribution in [0, 0.1) is 11.8 Å². The van der Waals surface area contributed by atoms with Crippen molar-refractivity contribution >= 4 is 5.91 Å². The molecule has 104 valence electrons. The van der Waals surface area contributed by atoms with Gasteiger partial charge >= 0.3 is 0 Å². The number of amides is 1. The number of aliphatic hydroxyl groups is 1. The maximum absolute atomic E-state index is 12.4. The Morgan fingerprint density at radius 3 is 2.84 bits per heavy atom. The molecule has 19 heavy (non-hydrogen) atoms. The number of piperidine rings is 1. The topological polar surface area (TPSA) is 40.5 Å². The van der Waals surface area contributed by atoms with Crippen molar-refractivity contribution < 1.29 is 9.90 Å². The summed E-state index contributed by atoms with van der Waals surface area (Å²) in [5.41, 5.74) is 1.21. The first-order valence-electron chi connectivity index (χ1n) is 7.14. The molecule has 2 unspecified atom stereocenters. The SMILES string of the molecule is CC(Cc1ccccc1)C(=O)N1CCCC(CO)C1. The second-order valence-electron chi connectivity index (χ2n) is 5.57. The van der Waals surface area contributed by atoms with E-state index in [0.29, 0.717) is 6.54 Å². The van der Waals surface area contributed by atoms with Gasteiger partial charge in [0.05, 0.1) is 0 Å². The number of hydrogen-bond donors (Lipinski definition) is 1. The molecule has 0 aliphatic carbocycles. The van der Waals surface area contributed by atoms with Gasteiger partial charge in [0.2, 0.25) is 5.91 Å². The molecule has 1 fully saturated rings. The quantitative estimate of drug-likeness (QED) is 0.901. The molecule has 3 heteroatoms. The van der Waals surface area contributed by atoms with Crippen molar-refractivity contribution in [1.29, 1.82) is 0 Å². The summed E-state index contributed by atoms with van der Waals surface area (Å²) in [6.45, 7) is 3.75. The van der Waals surface area contributed by atoms with Crippen molar-refractivity contribution in [2.24, 2.45) is 11.8 Å². The molecule has 0 spiro atoms. The van der Waals surface area contributed by atoms with E-state index in [1.165, 1.54) is 5.56 Å². The number of carbonyl (C=O) groups is 1. The molecule has 2 atom stereocenters. The lowest BCUT2D eigenvalue weighted by atomic mass is 9.95. The lowest BCUT2D eigenvalue weighted by molar-refractivity contribution is -0.137. The zero-order valence-corrected chi connectivity index (χ0v) is 11.6. The van der Waals surface area contributed by atoms with E-state index < -0.39 is 0 Å². The molecular weight excluding hydrogens is 238 g/mol. The molecule has 1 aliphatic rings. The number of rotatable bonds is 4. The Balaban J connectivity index is 1.91. The minimum Gasteiger partial charge on any atom is -0.396 e. The van der Waals surface area contributed by atoms with Gasteiger partial charge in [-0.05, 0) is 30.7 Å². The molecule has 0 saturated carbocycles. The second kappa shape index (κ2) is 6.71. The van der Waals surface area contributed by atoms with Crippen molar-refractivity contribution in [2.45, 2.75) is 26.2 Å². The van der Waals surface area contributed by atoms with E-state index in [2.05, 4.69) is 12.1 Å². The van der Waals surface area contributed by atoms with Crippen molar-refractivity contribution in [1.82, 2.24) is 4.90 Å². The monoisotopic (exact) mass is 261 g/mol. The van der Waals surface area contributed by atoms with Crippen molar-refractivity contribution in [3.8, 4) is 0 Å². The largest absolute Gasteiger partial charge is 0.396 e. The minimum atomic E-state index is 0.0137. The molecule has 1 heterocycles. The third kappa shape index (κ3) is 3.80. The van der Waals surface area contributed by atoms with Crippen LogP contribution in [-0.2, 0) is 11.2 Å². The molecule has 1 amide bonds. The summed E-state index contributed by atoms with van der Waals surface area (Å²) in [4.78, 5) is 14.3. The maximum Gasteiger partial charge on any atom is 0.225 e. The van der Waals surface area contributed by atoms with Crippen LogP contribution < -0.4 is 0 Å². The van der Waals surface area contributed by atoms with E-state index >= 15 is 0 Å². The van der Waals surface area contributed by atoms with E-state index in [1.54, 1.807) is 0 Å². The first-order valence-corrected chi connectivity index (χ1v) is 7.14. The van der Waals surface area contributed by atoms with E-state index in [1.807, 2.05) is 30.0 Å². The number of benzene rings is 1. The molecule has 3 nitrogen and oxygen atoms in total. The van der Waals surface area contributed by atoms with Crippen LogP contribution >= 0.6 is 0 Å². The highest BCUT2D eigenvalue weighted by Crippen LogP contribution is 2.19. The van der Waals surface area contributed by atoms with Crippen LogP contribution in [0.5, 0.6) is 0 Å². The van der Waals surface area contributed by atoms with E-state index in [0.717, 1.165) is 25.8 Å². The van der Waals surface area contributed by atoms with Gasteiger partial charge in [-0.25, -0.2) is 0 Å². The van der Waals surface area contributed by atoms with Gasteiger partial charge in [0.15, 0.2) is 0 Å². The molecule has 1 aromatic rings. The van der Waals surface area contributed by atoms with Crippen molar-refractivity contribution in [3.05, 3.63) is 35.9 Å². The van der Waals surface area contributed by atoms with E-state index in [9.17, 15) is 9.90 Å². The fourth-order valence-corrected chi connectivity index (χ4v) is 2.78. The van der Waals surface area contributed by atoms with Crippen LogP contribution in [0.4, 0.5) is 0 Å². The summed E-state index contributed by atoms with van der Waals surface area (Å²) in [6.07, 6.45) is 2.84. The molecule has 0 aromatic heterocycles. The third-order valence-corrected chi connectivity index (χ3v) is 3.90. The summed E-state index contributed by atoms with van der Waals surface area (Å²) in [7, 11) is 0. The Hall–Kier alpha value is -1.35. The van der Waals surface area contributed by atoms with Gasteiger partial charge in [0.1, 0.15) is 0 Å². The molecule has 1 saturated heterocycles. The van der Waals surface area contributed by atoms with Gasteiger partial charge in [0, 0.05) is 25.6 Å². The van der Waals surface area contributed by atoms with Gasteiger partial charge in [-0.3, -0.25) is 4.79 Å². The van der Waals surface area contributed by atoms with Gasteiger partial charge in [-0.2, -0.15) is 0 Å². The molecular formula is C16H23NO2. The van der Waals surface area contributed by atoms with Crippen LogP contribution in [-0.4, -0.2) is 35.6 Å². The average Bonchev–Trinajstić information content (AvgIpc) is 2.47. The van der Waals surface area contributed by atoms with E-state index in [4.69, 9.17) is 0 Å². The Kier molecular flexibility index (Phi) is 4.97. The lowest BCUT2D eigenvalue weighted by Gasteiger charge is -2.33. The molecule has 1 N–H and O–H groups in total. The van der Waals surface area contributed by atoms with Gasteiger partial charge in [0.25, 0.3) is 0 Å². The predicted molar refractivity (Wildman–Crippen MR) is 75.7 cm³/mol. The zero-order chi connectivity index (χ0) is 13.7. The molecule has 1 aliphatic heterocycles. The predicted octanol–water partition coefficient (Wildman–Crippen LogP) is 2.10. The molecule has 0 bridgehead atoms. The number of aliphatic hydroxyl groups excluding tert-OH is 1. The van der Waals surface area contributed by atoms with Crippen LogP contribution in [0.3, 0.4) is 0 Å². The Bertz CT molecular complexity index is 404. The van der Waals surface area contributed by atoms with Gasteiger partial charge in [-0.15, -0.1) is 0 Å². The Morgan fingerprint density at radius 1 is 1.42 bits per heavy atom. The Morgan fingerprint density at radius 2 is 2.16 bits per heavy atom. The normalized spacial score (nSPS) is 21.2. The van der Waals surface area contributed by atoms with Crippen LogP contribution in [0.2, 0.25) is 0 Å². The summed E-state index contributed by atoms with van der Waals surface area (Å²) in [5.74, 6) is 0.503. The van der Waals surface area contributed by atoms with Gasteiger partial charge < -0.3 is 10.0 Å². The van der Waals surface area contributed by atoms with E-state index in [-0.39, 0.29) is 24.3 Å². The summed E-state index contributed by atoms with van der Waals surface area (Å²) >= 11 is 0. The fraction of sp³-hybridized carbons (Fsp3) is 0.562. The van der Waals surface area contributed by atoms with Crippen molar-refractivity contribution in [3.63, 3.8) is 0 Å². The molecule has 1 aromatic carbocycles. The average molecular weight is 261 g/mol. The third-order valence-electron chi connectivity index (χ3n) is 3.90. The number of likely N-dealkylation sites (tertiary alicyclic amines) is 1. The van der Waals surface area contributed by atoms with Crippen molar-refractivity contribution in [2.75, 3.05) is 19.7 Å². The molecule has 0 radical (unpaired) electrons. The molecule has 2 rings (SSSR count). The highest BCUT2D eigenvalue weighted by molar-refractivity contribution is 5.78. The highest BCUT2D eigenvalue weighted by atomic mass is 16.3. The number of hydrogen-bond acceptors (Lipinski definition) is 2. The maximum atomic E-state index is 12.4. The standard InChI is InChI=1S/C16H23NO2/c1-13(10-14-6-3-2-4-7-14)16(19)17-9-5-8-15(11-17)12-18/h2-4,6-7,13,15,18H,5,8-12H2,1H3. The summed E-state index contributed by atoms with van der Waals surface area (Å²) < 4.78 is 0. The lowest BCUT2D eigenvalue weighted by Crippen LogP contribution is -2.43. The van der Waals surface area contributed by atoms with Crippen LogP contribution in [0.1, 0.15) is 25.3 Å². The number of nitrogens with zero attached hydrogens (tertiary/aromatic N) is 1. The zero-order valence-electron chi connectivity index (χ0n) is 11.6. The first-order chi connectivity index (χ1) is 9.20. The Labute approximate surface area is 115 Å². The summed E-state index contributed by atoms with van der Waals surface area (Å²) in [6, 6.07) is 10.1. The van der Waals surface area contributed by atoms with Crippen LogP contribution in [0.25, 0.3) is 0 Å². The number of carbonyl (C=O) groups excluding carboxylic acids is 1. The minimum absolute atomic E-state index is 0.0137. The first kappa shape index (κ1) is 14.1. The van der Waals surface area contributed by atoms with Gasteiger partial charge in [-0.1, -0.05) is 37.3 Å². The van der Waals surface area contributed by atoms with Crippen LogP contribution in [0.15, 0.2) is 30.3 Å². The second-order valence-corrected chi connectivity index (χ2v) is 5.57. The fourth-order valence-electron chi connectivity index (χ4n) is 2.78. The summed E-state index contributed by atoms with van der Waals surface area (Å²) in [5, 5.41) is 9.23. The smallest absolute Gasteiger partial charge is 0.225 e.